The number of hydrogen-bond acceptors (Lipinski definition) is 4. The van der Waals surface area contributed by atoms with E-state index in [0.717, 1.165) is 24.8 Å². The lowest BCUT2D eigenvalue weighted by Crippen LogP contribution is -2.23. The molecule has 1 rings (SSSR count). The van der Waals surface area contributed by atoms with Crippen LogP contribution >= 0.6 is 0 Å². The van der Waals surface area contributed by atoms with Crippen LogP contribution in [-0.2, 0) is 11.2 Å². The highest BCUT2D eigenvalue weighted by molar-refractivity contribution is 5.83. The maximum absolute atomic E-state index is 12.1. The number of phenols is 1. The molecular weight excluding hydrogens is 304 g/mol. The SMILES string of the molecule is COc1cc(CC(O)C(=O)CC[C@@H](C)CCC=C(C)C)ccc1O. The molecule has 0 amide bonds. The second-order valence-electron chi connectivity index (χ2n) is 6.70. The lowest BCUT2D eigenvalue weighted by molar-refractivity contribution is -0.127. The number of rotatable bonds is 10. The van der Waals surface area contributed by atoms with Crippen molar-refractivity contribution in [3.8, 4) is 11.5 Å². The van der Waals surface area contributed by atoms with Crippen LogP contribution in [0.4, 0.5) is 0 Å². The van der Waals surface area contributed by atoms with Crippen molar-refractivity contribution in [3.63, 3.8) is 0 Å². The first-order chi connectivity index (χ1) is 11.3. The zero-order valence-electron chi connectivity index (χ0n) is 15.2. The summed E-state index contributed by atoms with van der Waals surface area (Å²) in [6.07, 6.45) is 4.73. The van der Waals surface area contributed by atoms with Crippen molar-refractivity contribution in [3.05, 3.63) is 35.4 Å². The smallest absolute Gasteiger partial charge is 0.161 e. The number of carbonyl (C=O) groups excluding carboxylic acids is 1. The van der Waals surface area contributed by atoms with E-state index in [-0.39, 0.29) is 18.0 Å². The molecule has 0 spiro atoms. The van der Waals surface area contributed by atoms with Crippen molar-refractivity contribution >= 4 is 5.78 Å². The van der Waals surface area contributed by atoms with E-state index < -0.39 is 6.10 Å². The molecule has 1 unspecified atom stereocenters. The van der Waals surface area contributed by atoms with Crippen LogP contribution in [0.3, 0.4) is 0 Å². The number of methoxy groups -OCH3 is 1. The van der Waals surface area contributed by atoms with Crippen molar-refractivity contribution in [2.45, 2.75) is 59.0 Å². The Hall–Kier alpha value is -1.81. The second kappa shape index (κ2) is 10.1. The number of benzene rings is 1. The largest absolute Gasteiger partial charge is 0.504 e. The van der Waals surface area contributed by atoms with Crippen LogP contribution in [0.5, 0.6) is 11.5 Å². The number of aliphatic hydroxyl groups excluding tert-OH is 1. The Bertz CT molecular complexity index is 559. The Morgan fingerprint density at radius 3 is 2.62 bits per heavy atom. The highest BCUT2D eigenvalue weighted by atomic mass is 16.5. The van der Waals surface area contributed by atoms with E-state index in [1.807, 2.05) is 0 Å². The molecule has 0 aromatic heterocycles. The highest BCUT2D eigenvalue weighted by Gasteiger charge is 2.17. The first-order valence-corrected chi connectivity index (χ1v) is 8.53. The summed E-state index contributed by atoms with van der Waals surface area (Å²) in [4.78, 5) is 12.1. The Kier molecular flexibility index (Phi) is 8.55. The molecule has 2 atom stereocenters. The predicted molar refractivity (Wildman–Crippen MR) is 96.4 cm³/mol. The normalized spacial score (nSPS) is 13.2. The average Bonchev–Trinajstić information content (AvgIpc) is 2.53. The molecule has 0 radical (unpaired) electrons. The highest BCUT2D eigenvalue weighted by Crippen LogP contribution is 2.27. The van der Waals surface area contributed by atoms with Crippen LogP contribution < -0.4 is 4.74 Å². The van der Waals surface area contributed by atoms with Crippen LogP contribution in [0, 0.1) is 5.92 Å². The minimum atomic E-state index is -1.01. The molecule has 2 N–H and O–H groups in total. The van der Waals surface area contributed by atoms with E-state index >= 15 is 0 Å². The molecule has 0 aliphatic rings. The Morgan fingerprint density at radius 1 is 1.29 bits per heavy atom. The zero-order valence-corrected chi connectivity index (χ0v) is 15.2. The molecule has 1 aromatic carbocycles. The number of aromatic hydroxyl groups is 1. The molecule has 4 heteroatoms. The van der Waals surface area contributed by atoms with Crippen molar-refractivity contribution in [2.24, 2.45) is 5.92 Å². The van der Waals surface area contributed by atoms with Crippen molar-refractivity contribution in [1.29, 1.82) is 0 Å². The lowest BCUT2D eigenvalue weighted by Gasteiger charge is -2.13. The predicted octanol–water partition coefficient (Wildman–Crippen LogP) is 4.04. The summed E-state index contributed by atoms with van der Waals surface area (Å²) < 4.78 is 5.04. The fourth-order valence-electron chi connectivity index (χ4n) is 2.54. The van der Waals surface area contributed by atoms with Gasteiger partial charge in [0, 0.05) is 12.8 Å². The van der Waals surface area contributed by atoms with E-state index in [1.54, 1.807) is 12.1 Å². The molecule has 24 heavy (non-hydrogen) atoms. The van der Waals surface area contributed by atoms with Gasteiger partial charge < -0.3 is 14.9 Å². The summed E-state index contributed by atoms with van der Waals surface area (Å²) >= 11 is 0. The number of ketones is 1. The summed E-state index contributed by atoms with van der Waals surface area (Å²) in [6, 6.07) is 4.85. The van der Waals surface area contributed by atoms with E-state index in [9.17, 15) is 15.0 Å². The third-order valence-electron chi connectivity index (χ3n) is 4.14. The third-order valence-corrected chi connectivity index (χ3v) is 4.14. The fraction of sp³-hybridized carbons (Fsp3) is 0.550. The quantitative estimate of drug-likeness (QED) is 0.634. The van der Waals surface area contributed by atoms with Gasteiger partial charge in [0.1, 0.15) is 6.10 Å². The van der Waals surface area contributed by atoms with Gasteiger partial charge in [-0.3, -0.25) is 4.79 Å². The van der Waals surface area contributed by atoms with E-state index in [0.29, 0.717) is 18.1 Å². The van der Waals surface area contributed by atoms with Gasteiger partial charge in [-0.15, -0.1) is 0 Å². The monoisotopic (exact) mass is 334 g/mol. The van der Waals surface area contributed by atoms with Crippen LogP contribution in [0.25, 0.3) is 0 Å². The standard InChI is InChI=1S/C20H30O4/c1-14(2)6-5-7-15(3)8-10-17(21)19(23)12-16-9-11-18(22)20(13-16)24-4/h6,9,11,13,15,19,22-23H,5,7-8,10,12H2,1-4H3/t15-,19?/m0/s1. The van der Waals surface area contributed by atoms with Gasteiger partial charge >= 0.3 is 0 Å². The summed E-state index contributed by atoms with van der Waals surface area (Å²) in [6.45, 7) is 6.31. The van der Waals surface area contributed by atoms with Crippen molar-refractivity contribution < 1.29 is 19.7 Å². The topological polar surface area (TPSA) is 66.8 Å². The fourth-order valence-corrected chi connectivity index (χ4v) is 2.54. The number of phenolic OH excluding ortho intramolecular Hbond substituents is 1. The van der Waals surface area contributed by atoms with Gasteiger partial charge in [-0.1, -0.05) is 24.6 Å². The molecule has 0 saturated carbocycles. The molecule has 0 heterocycles. The maximum Gasteiger partial charge on any atom is 0.161 e. The van der Waals surface area contributed by atoms with Gasteiger partial charge in [0.15, 0.2) is 17.3 Å². The summed E-state index contributed by atoms with van der Waals surface area (Å²) in [7, 11) is 1.47. The first-order valence-electron chi connectivity index (χ1n) is 8.53. The molecule has 1 aromatic rings. The van der Waals surface area contributed by atoms with Gasteiger partial charge in [-0.05, 0) is 56.7 Å². The van der Waals surface area contributed by atoms with Crippen molar-refractivity contribution in [1.82, 2.24) is 0 Å². The summed E-state index contributed by atoms with van der Waals surface area (Å²) in [5.41, 5.74) is 2.08. The van der Waals surface area contributed by atoms with E-state index in [1.165, 1.54) is 18.7 Å². The summed E-state index contributed by atoms with van der Waals surface area (Å²) in [5.74, 6) is 0.730. The van der Waals surface area contributed by atoms with Gasteiger partial charge in [0.25, 0.3) is 0 Å². The Labute approximate surface area is 145 Å². The third kappa shape index (κ3) is 7.18. The van der Waals surface area contributed by atoms with E-state index in [2.05, 4.69) is 26.8 Å². The Balaban J connectivity index is 2.43. The summed E-state index contributed by atoms with van der Waals surface area (Å²) in [5, 5.41) is 19.7. The first kappa shape index (κ1) is 20.2. The molecular formula is C20H30O4. The zero-order chi connectivity index (χ0) is 18.1. The average molecular weight is 334 g/mol. The molecule has 0 fully saturated rings. The Morgan fingerprint density at radius 2 is 2.00 bits per heavy atom. The maximum atomic E-state index is 12.1. The second-order valence-corrected chi connectivity index (χ2v) is 6.70. The van der Waals surface area contributed by atoms with Crippen LogP contribution in [0.1, 0.15) is 52.0 Å². The number of aliphatic hydroxyl groups is 1. The molecule has 0 aliphatic carbocycles. The van der Waals surface area contributed by atoms with Crippen LogP contribution in [0.15, 0.2) is 29.8 Å². The van der Waals surface area contributed by atoms with Gasteiger partial charge in [0.05, 0.1) is 7.11 Å². The van der Waals surface area contributed by atoms with Crippen LogP contribution in [-0.4, -0.2) is 29.2 Å². The molecule has 134 valence electrons. The number of carbonyl (C=O) groups is 1. The van der Waals surface area contributed by atoms with E-state index in [4.69, 9.17) is 4.74 Å². The lowest BCUT2D eigenvalue weighted by atomic mass is 9.95. The van der Waals surface area contributed by atoms with Gasteiger partial charge in [0.2, 0.25) is 0 Å². The number of ether oxygens (including phenoxy) is 1. The minimum Gasteiger partial charge on any atom is -0.504 e. The minimum absolute atomic E-state index is 0.0484. The molecule has 0 aliphatic heterocycles. The number of hydrogen-bond donors (Lipinski definition) is 2. The molecule has 0 saturated heterocycles. The molecule has 0 bridgehead atoms. The van der Waals surface area contributed by atoms with Crippen molar-refractivity contribution in [2.75, 3.05) is 7.11 Å². The van der Waals surface area contributed by atoms with Crippen LogP contribution in [0.2, 0.25) is 0 Å². The molecule has 4 nitrogen and oxygen atoms in total. The van der Waals surface area contributed by atoms with Gasteiger partial charge in [-0.2, -0.15) is 0 Å². The van der Waals surface area contributed by atoms with Gasteiger partial charge in [-0.25, -0.2) is 0 Å². The number of Topliss-reactive ketones (excluding diaryl/α,β-unsaturated/α-hetero) is 1. The number of allylic oxidation sites excluding steroid dienone is 2.